The van der Waals surface area contributed by atoms with Gasteiger partial charge in [0, 0.05) is 19.3 Å². The van der Waals surface area contributed by atoms with E-state index in [9.17, 15) is 0 Å². The van der Waals surface area contributed by atoms with Gasteiger partial charge in [-0.1, -0.05) is 12.1 Å². The first-order chi connectivity index (χ1) is 8.67. The minimum atomic E-state index is 0.217. The van der Waals surface area contributed by atoms with Gasteiger partial charge in [0.05, 0.1) is 6.10 Å². The number of benzene rings is 1. The van der Waals surface area contributed by atoms with Crippen LogP contribution in [0.1, 0.15) is 38.8 Å². The first-order valence-corrected chi connectivity index (χ1v) is 6.69. The highest BCUT2D eigenvalue weighted by Gasteiger charge is 2.09. The standard InChI is InChI=1S/C15H25NO2/c1-5-17-11-10-15(16-4)13-6-8-14(9-7-13)18-12(2)3/h6-9,12,15-16H,5,10-11H2,1-4H3. The van der Waals surface area contributed by atoms with Gasteiger partial charge in [-0.25, -0.2) is 0 Å². The monoisotopic (exact) mass is 251 g/mol. The number of ether oxygens (including phenoxy) is 2. The quantitative estimate of drug-likeness (QED) is 0.720. The summed E-state index contributed by atoms with van der Waals surface area (Å²) in [4.78, 5) is 0. The topological polar surface area (TPSA) is 30.5 Å². The third-order valence-electron chi connectivity index (χ3n) is 2.76. The molecule has 1 aromatic rings. The first kappa shape index (κ1) is 15.0. The molecular formula is C15H25NO2. The molecule has 0 saturated carbocycles. The van der Waals surface area contributed by atoms with E-state index < -0.39 is 0 Å². The molecule has 0 saturated heterocycles. The van der Waals surface area contributed by atoms with Crippen LogP contribution in [0.15, 0.2) is 24.3 Å². The molecule has 102 valence electrons. The van der Waals surface area contributed by atoms with E-state index in [-0.39, 0.29) is 6.10 Å². The van der Waals surface area contributed by atoms with E-state index in [1.54, 1.807) is 0 Å². The van der Waals surface area contributed by atoms with Crippen LogP contribution in [-0.2, 0) is 4.74 Å². The molecule has 3 nitrogen and oxygen atoms in total. The minimum absolute atomic E-state index is 0.217. The Bertz CT molecular complexity index is 322. The molecule has 0 heterocycles. The molecule has 0 spiro atoms. The van der Waals surface area contributed by atoms with E-state index in [4.69, 9.17) is 9.47 Å². The summed E-state index contributed by atoms with van der Waals surface area (Å²) in [5, 5.41) is 3.32. The van der Waals surface area contributed by atoms with Crippen LogP contribution in [0.4, 0.5) is 0 Å². The van der Waals surface area contributed by atoms with Crippen LogP contribution >= 0.6 is 0 Å². The second kappa shape index (κ2) is 8.11. The Hall–Kier alpha value is -1.06. The van der Waals surface area contributed by atoms with Crippen molar-refractivity contribution in [2.45, 2.75) is 39.3 Å². The van der Waals surface area contributed by atoms with Gasteiger partial charge in [0.25, 0.3) is 0 Å². The zero-order valence-electron chi connectivity index (χ0n) is 11.9. The van der Waals surface area contributed by atoms with Gasteiger partial charge in [-0.2, -0.15) is 0 Å². The van der Waals surface area contributed by atoms with Crippen molar-refractivity contribution < 1.29 is 9.47 Å². The molecule has 0 bridgehead atoms. The first-order valence-electron chi connectivity index (χ1n) is 6.69. The van der Waals surface area contributed by atoms with Gasteiger partial charge in [-0.3, -0.25) is 0 Å². The third-order valence-corrected chi connectivity index (χ3v) is 2.76. The molecule has 0 fully saturated rings. The van der Waals surface area contributed by atoms with Crippen molar-refractivity contribution >= 4 is 0 Å². The van der Waals surface area contributed by atoms with E-state index in [0.717, 1.165) is 25.4 Å². The molecular weight excluding hydrogens is 226 g/mol. The van der Waals surface area contributed by atoms with Crippen LogP contribution in [0.3, 0.4) is 0 Å². The van der Waals surface area contributed by atoms with Gasteiger partial charge in [0.1, 0.15) is 5.75 Å². The van der Waals surface area contributed by atoms with Crippen molar-refractivity contribution in [2.75, 3.05) is 20.3 Å². The predicted molar refractivity (Wildman–Crippen MR) is 75.1 cm³/mol. The summed E-state index contributed by atoms with van der Waals surface area (Å²) in [7, 11) is 1.98. The lowest BCUT2D eigenvalue weighted by Gasteiger charge is -2.17. The Morgan fingerprint density at radius 3 is 2.33 bits per heavy atom. The Morgan fingerprint density at radius 2 is 1.83 bits per heavy atom. The summed E-state index contributed by atoms with van der Waals surface area (Å²) in [5.41, 5.74) is 1.27. The van der Waals surface area contributed by atoms with Gasteiger partial charge in [0.2, 0.25) is 0 Å². The zero-order chi connectivity index (χ0) is 13.4. The summed E-state index contributed by atoms with van der Waals surface area (Å²) < 4.78 is 11.0. The Balaban J connectivity index is 2.57. The van der Waals surface area contributed by atoms with Gasteiger partial charge < -0.3 is 14.8 Å². The van der Waals surface area contributed by atoms with Crippen LogP contribution in [0.25, 0.3) is 0 Å². The lowest BCUT2D eigenvalue weighted by atomic mass is 10.0. The van der Waals surface area contributed by atoms with Crippen molar-refractivity contribution in [3.8, 4) is 5.75 Å². The molecule has 18 heavy (non-hydrogen) atoms. The fraction of sp³-hybridized carbons (Fsp3) is 0.600. The van der Waals surface area contributed by atoms with Crippen LogP contribution in [0, 0.1) is 0 Å². The molecule has 0 amide bonds. The van der Waals surface area contributed by atoms with Crippen molar-refractivity contribution in [3.05, 3.63) is 29.8 Å². The van der Waals surface area contributed by atoms with E-state index in [2.05, 4.69) is 17.4 Å². The smallest absolute Gasteiger partial charge is 0.119 e. The normalized spacial score (nSPS) is 12.7. The molecule has 1 unspecified atom stereocenters. The van der Waals surface area contributed by atoms with E-state index in [0.29, 0.717) is 6.04 Å². The Labute approximate surface area is 110 Å². The maximum atomic E-state index is 5.64. The fourth-order valence-corrected chi connectivity index (χ4v) is 1.87. The van der Waals surface area contributed by atoms with Crippen LogP contribution in [0.5, 0.6) is 5.75 Å². The lowest BCUT2D eigenvalue weighted by Crippen LogP contribution is -2.18. The molecule has 0 radical (unpaired) electrons. The van der Waals surface area contributed by atoms with Crippen molar-refractivity contribution in [1.82, 2.24) is 5.32 Å². The van der Waals surface area contributed by atoms with Crippen LogP contribution in [-0.4, -0.2) is 26.4 Å². The number of nitrogens with one attached hydrogen (secondary N) is 1. The Kier molecular flexibility index (Phi) is 6.76. The van der Waals surface area contributed by atoms with Gasteiger partial charge in [-0.15, -0.1) is 0 Å². The fourth-order valence-electron chi connectivity index (χ4n) is 1.87. The molecule has 0 aliphatic rings. The summed E-state index contributed by atoms with van der Waals surface area (Å²) in [6, 6.07) is 8.63. The van der Waals surface area contributed by atoms with Crippen molar-refractivity contribution in [1.29, 1.82) is 0 Å². The van der Waals surface area contributed by atoms with Gasteiger partial charge in [0.15, 0.2) is 0 Å². The van der Waals surface area contributed by atoms with Crippen molar-refractivity contribution in [3.63, 3.8) is 0 Å². The van der Waals surface area contributed by atoms with Crippen LogP contribution in [0.2, 0.25) is 0 Å². The number of rotatable bonds is 8. The molecule has 0 aliphatic carbocycles. The number of hydrogen-bond donors (Lipinski definition) is 1. The van der Waals surface area contributed by atoms with E-state index >= 15 is 0 Å². The minimum Gasteiger partial charge on any atom is -0.491 e. The highest BCUT2D eigenvalue weighted by molar-refractivity contribution is 5.29. The zero-order valence-corrected chi connectivity index (χ0v) is 11.9. The van der Waals surface area contributed by atoms with Gasteiger partial charge >= 0.3 is 0 Å². The third kappa shape index (κ3) is 5.07. The number of hydrogen-bond acceptors (Lipinski definition) is 3. The average Bonchev–Trinajstić information content (AvgIpc) is 2.35. The Morgan fingerprint density at radius 1 is 1.17 bits per heavy atom. The molecule has 1 aromatic carbocycles. The largest absolute Gasteiger partial charge is 0.491 e. The molecule has 1 rings (SSSR count). The lowest BCUT2D eigenvalue weighted by molar-refractivity contribution is 0.137. The molecule has 0 aliphatic heterocycles. The van der Waals surface area contributed by atoms with E-state index in [1.807, 2.05) is 40.0 Å². The summed E-state index contributed by atoms with van der Waals surface area (Å²) in [6.45, 7) is 7.65. The average molecular weight is 251 g/mol. The second-order valence-electron chi connectivity index (χ2n) is 4.56. The second-order valence-corrected chi connectivity index (χ2v) is 4.56. The summed E-state index contributed by atoms with van der Waals surface area (Å²) in [6.07, 6.45) is 1.20. The molecule has 1 atom stereocenters. The summed E-state index contributed by atoms with van der Waals surface area (Å²) >= 11 is 0. The highest BCUT2D eigenvalue weighted by atomic mass is 16.5. The summed E-state index contributed by atoms with van der Waals surface area (Å²) in [5.74, 6) is 0.924. The maximum absolute atomic E-state index is 5.64. The highest BCUT2D eigenvalue weighted by Crippen LogP contribution is 2.20. The maximum Gasteiger partial charge on any atom is 0.119 e. The predicted octanol–water partition coefficient (Wildman–Crippen LogP) is 3.16. The molecule has 1 N–H and O–H groups in total. The van der Waals surface area contributed by atoms with Crippen LogP contribution < -0.4 is 10.1 Å². The molecule has 3 heteroatoms. The van der Waals surface area contributed by atoms with Gasteiger partial charge in [-0.05, 0) is 51.9 Å². The van der Waals surface area contributed by atoms with Crippen molar-refractivity contribution in [2.24, 2.45) is 0 Å². The molecule has 0 aromatic heterocycles. The SMILES string of the molecule is CCOCCC(NC)c1ccc(OC(C)C)cc1. The van der Waals surface area contributed by atoms with E-state index in [1.165, 1.54) is 5.56 Å².